The molecule has 23 heavy (non-hydrogen) atoms. The molecular weight excluding hydrogens is 295 g/mol. The van der Waals surface area contributed by atoms with Crippen molar-refractivity contribution in [1.82, 2.24) is 10.6 Å². The molecule has 2 amide bonds. The van der Waals surface area contributed by atoms with E-state index in [1.165, 1.54) is 12.1 Å². The number of rotatable bonds is 7. The van der Waals surface area contributed by atoms with Crippen LogP contribution in [0.5, 0.6) is 0 Å². The van der Waals surface area contributed by atoms with Crippen LogP contribution in [0, 0.1) is 5.82 Å². The Labute approximate surface area is 135 Å². The Kier molecular flexibility index (Phi) is 6.56. The van der Waals surface area contributed by atoms with E-state index in [0.29, 0.717) is 19.5 Å². The highest BCUT2D eigenvalue weighted by Gasteiger charge is 2.01. The van der Waals surface area contributed by atoms with E-state index in [2.05, 4.69) is 10.6 Å². The van der Waals surface area contributed by atoms with Crippen LogP contribution in [-0.4, -0.2) is 24.2 Å². The van der Waals surface area contributed by atoms with Crippen LogP contribution in [0.2, 0.25) is 0 Å². The quantitative estimate of drug-likeness (QED) is 0.734. The van der Waals surface area contributed by atoms with Gasteiger partial charge in [0.05, 0.1) is 6.61 Å². The van der Waals surface area contributed by atoms with Gasteiger partial charge in [0, 0.05) is 13.1 Å². The fraction of sp³-hybridized carbons (Fsp3) is 0.278. The fourth-order valence-corrected chi connectivity index (χ4v) is 2.21. The van der Waals surface area contributed by atoms with E-state index in [-0.39, 0.29) is 18.5 Å². The van der Waals surface area contributed by atoms with Crippen LogP contribution in [0.25, 0.3) is 0 Å². The van der Waals surface area contributed by atoms with Gasteiger partial charge in [0.1, 0.15) is 5.82 Å². The van der Waals surface area contributed by atoms with Gasteiger partial charge in [0.25, 0.3) is 0 Å². The van der Waals surface area contributed by atoms with Gasteiger partial charge in [-0.3, -0.25) is 0 Å². The second kappa shape index (κ2) is 8.90. The molecule has 0 atom stereocenters. The minimum absolute atomic E-state index is 0.0340. The smallest absolute Gasteiger partial charge is 0.314 e. The molecule has 0 aliphatic heterocycles. The van der Waals surface area contributed by atoms with E-state index in [0.717, 1.165) is 23.1 Å². The highest BCUT2D eigenvalue weighted by Crippen LogP contribution is 2.05. The van der Waals surface area contributed by atoms with E-state index < -0.39 is 0 Å². The first kappa shape index (κ1) is 17.0. The molecule has 0 saturated carbocycles. The summed E-state index contributed by atoms with van der Waals surface area (Å²) in [5.74, 6) is -0.265. The summed E-state index contributed by atoms with van der Waals surface area (Å²) < 4.78 is 13.0. The Hall–Kier alpha value is -2.40. The number of aliphatic hydroxyl groups is 1. The molecule has 2 rings (SSSR count). The summed E-state index contributed by atoms with van der Waals surface area (Å²) in [5, 5.41) is 14.5. The largest absolute Gasteiger partial charge is 0.392 e. The summed E-state index contributed by atoms with van der Waals surface area (Å²) in [7, 11) is 0. The third kappa shape index (κ3) is 6.08. The Bertz CT molecular complexity index is 629. The topological polar surface area (TPSA) is 61.4 Å². The zero-order valence-electron chi connectivity index (χ0n) is 12.9. The van der Waals surface area contributed by atoms with Crippen LogP contribution in [0.15, 0.2) is 48.5 Å². The van der Waals surface area contributed by atoms with E-state index in [1.54, 1.807) is 6.07 Å². The number of hydrogen-bond acceptors (Lipinski definition) is 2. The van der Waals surface area contributed by atoms with Crippen molar-refractivity contribution in [3.63, 3.8) is 0 Å². The predicted octanol–water partition coefficient (Wildman–Crippen LogP) is 2.40. The summed E-state index contributed by atoms with van der Waals surface area (Å²) in [5.41, 5.74) is 2.83. The van der Waals surface area contributed by atoms with Crippen molar-refractivity contribution < 1.29 is 14.3 Å². The van der Waals surface area contributed by atoms with E-state index in [1.807, 2.05) is 30.3 Å². The molecule has 0 heterocycles. The molecule has 2 aromatic carbocycles. The summed E-state index contributed by atoms with van der Waals surface area (Å²) in [4.78, 5) is 11.7. The lowest BCUT2D eigenvalue weighted by Gasteiger charge is -2.08. The number of benzene rings is 2. The number of halogens is 1. The van der Waals surface area contributed by atoms with Gasteiger partial charge in [-0.15, -0.1) is 0 Å². The van der Waals surface area contributed by atoms with Crippen LogP contribution < -0.4 is 10.6 Å². The Morgan fingerprint density at radius 1 is 0.913 bits per heavy atom. The average molecular weight is 316 g/mol. The molecular formula is C18H21FN2O2. The number of carbonyl (C=O) groups is 1. The number of aliphatic hydroxyl groups excluding tert-OH is 1. The molecule has 0 aromatic heterocycles. The molecule has 0 aliphatic carbocycles. The van der Waals surface area contributed by atoms with Crippen molar-refractivity contribution in [3.8, 4) is 0 Å². The van der Waals surface area contributed by atoms with Gasteiger partial charge < -0.3 is 15.7 Å². The molecule has 0 unspecified atom stereocenters. The summed E-state index contributed by atoms with van der Waals surface area (Å²) in [6.45, 7) is 1.02. The van der Waals surface area contributed by atoms with Crippen molar-refractivity contribution in [2.45, 2.75) is 19.4 Å². The molecule has 0 bridgehead atoms. The number of urea groups is 1. The van der Waals surface area contributed by atoms with Gasteiger partial charge in [0.2, 0.25) is 0 Å². The minimum atomic E-state index is -0.265. The van der Waals surface area contributed by atoms with E-state index in [9.17, 15) is 9.18 Å². The van der Waals surface area contributed by atoms with Crippen molar-refractivity contribution >= 4 is 6.03 Å². The van der Waals surface area contributed by atoms with Crippen LogP contribution in [0.1, 0.15) is 16.7 Å². The van der Waals surface area contributed by atoms with Crippen LogP contribution in [0.4, 0.5) is 9.18 Å². The van der Waals surface area contributed by atoms with E-state index in [4.69, 9.17) is 5.11 Å². The normalized spacial score (nSPS) is 10.3. The zero-order valence-corrected chi connectivity index (χ0v) is 12.9. The lowest BCUT2D eigenvalue weighted by Crippen LogP contribution is -2.37. The first-order valence-electron chi connectivity index (χ1n) is 7.62. The number of amides is 2. The van der Waals surface area contributed by atoms with Crippen LogP contribution in [-0.2, 0) is 19.4 Å². The van der Waals surface area contributed by atoms with Crippen molar-refractivity contribution in [3.05, 3.63) is 71.0 Å². The third-order valence-corrected chi connectivity index (χ3v) is 3.49. The Morgan fingerprint density at radius 2 is 1.52 bits per heavy atom. The van der Waals surface area contributed by atoms with Crippen LogP contribution >= 0.6 is 0 Å². The van der Waals surface area contributed by atoms with Gasteiger partial charge >= 0.3 is 6.03 Å². The predicted molar refractivity (Wildman–Crippen MR) is 87.6 cm³/mol. The van der Waals surface area contributed by atoms with Crippen LogP contribution in [0.3, 0.4) is 0 Å². The molecule has 0 aliphatic rings. The first-order chi connectivity index (χ1) is 11.2. The Balaban J connectivity index is 1.63. The SMILES string of the molecule is O=C(NCCc1ccc(CO)cc1)NCCc1cccc(F)c1. The lowest BCUT2D eigenvalue weighted by atomic mass is 10.1. The van der Waals surface area contributed by atoms with Gasteiger partial charge in [0.15, 0.2) is 0 Å². The molecule has 3 N–H and O–H groups in total. The molecule has 0 radical (unpaired) electrons. The molecule has 2 aromatic rings. The maximum Gasteiger partial charge on any atom is 0.314 e. The minimum Gasteiger partial charge on any atom is -0.392 e. The molecule has 122 valence electrons. The second-order valence-electron chi connectivity index (χ2n) is 5.29. The number of hydrogen-bond donors (Lipinski definition) is 3. The summed E-state index contributed by atoms with van der Waals surface area (Å²) in [6, 6.07) is 13.7. The maximum absolute atomic E-state index is 13.0. The van der Waals surface area contributed by atoms with Gasteiger partial charge in [-0.05, 0) is 41.7 Å². The molecule has 0 saturated heterocycles. The highest BCUT2D eigenvalue weighted by molar-refractivity contribution is 5.73. The molecule has 4 nitrogen and oxygen atoms in total. The monoisotopic (exact) mass is 316 g/mol. The molecule has 5 heteroatoms. The van der Waals surface area contributed by atoms with Gasteiger partial charge in [-0.2, -0.15) is 0 Å². The first-order valence-corrected chi connectivity index (χ1v) is 7.62. The average Bonchev–Trinajstić information content (AvgIpc) is 2.55. The number of nitrogens with one attached hydrogen (secondary N) is 2. The van der Waals surface area contributed by atoms with Gasteiger partial charge in [-0.25, -0.2) is 9.18 Å². The summed E-state index contributed by atoms with van der Waals surface area (Å²) in [6.07, 6.45) is 1.32. The highest BCUT2D eigenvalue weighted by atomic mass is 19.1. The van der Waals surface area contributed by atoms with E-state index >= 15 is 0 Å². The lowest BCUT2D eigenvalue weighted by molar-refractivity contribution is 0.241. The van der Waals surface area contributed by atoms with Gasteiger partial charge in [-0.1, -0.05) is 36.4 Å². The number of carbonyl (C=O) groups excluding carboxylic acids is 1. The van der Waals surface area contributed by atoms with Crippen molar-refractivity contribution in [2.24, 2.45) is 0 Å². The Morgan fingerprint density at radius 3 is 2.13 bits per heavy atom. The maximum atomic E-state index is 13.0. The van der Waals surface area contributed by atoms with Crippen molar-refractivity contribution in [2.75, 3.05) is 13.1 Å². The summed E-state index contributed by atoms with van der Waals surface area (Å²) >= 11 is 0. The fourth-order valence-electron chi connectivity index (χ4n) is 2.21. The second-order valence-corrected chi connectivity index (χ2v) is 5.29. The zero-order chi connectivity index (χ0) is 16.5. The molecule has 0 fully saturated rings. The molecule has 0 spiro atoms. The standard InChI is InChI=1S/C18H21FN2O2/c19-17-3-1-2-15(12-17)9-11-21-18(23)20-10-8-14-4-6-16(13-22)7-5-14/h1-7,12,22H,8-11,13H2,(H2,20,21,23). The third-order valence-electron chi connectivity index (χ3n) is 3.49. The van der Waals surface area contributed by atoms with Crippen molar-refractivity contribution in [1.29, 1.82) is 0 Å².